The number of halogens is 4. The molecular formula is C12H5F4NO4. The number of carbonyl (C=O) groups excluding carboxylic acids is 1. The first-order valence-corrected chi connectivity index (χ1v) is 5.27. The molecule has 0 spiro atoms. The lowest BCUT2D eigenvalue weighted by Gasteiger charge is -2.07. The van der Waals surface area contributed by atoms with Crippen LogP contribution in [0.2, 0.25) is 0 Å². The summed E-state index contributed by atoms with van der Waals surface area (Å²) in [7, 11) is 0. The summed E-state index contributed by atoms with van der Waals surface area (Å²) >= 11 is 0. The van der Waals surface area contributed by atoms with Gasteiger partial charge in [0.05, 0.1) is 5.56 Å². The number of rotatable bonds is 3. The average molecular weight is 303 g/mol. The van der Waals surface area contributed by atoms with Crippen LogP contribution in [0, 0.1) is 23.3 Å². The smallest absolute Gasteiger partial charge is 0.338 e. The molecule has 9 heteroatoms. The van der Waals surface area contributed by atoms with Crippen LogP contribution in [0.5, 0.6) is 0 Å². The van der Waals surface area contributed by atoms with Crippen molar-refractivity contribution >= 4 is 17.6 Å². The molecule has 0 radical (unpaired) electrons. The average Bonchev–Trinajstić information content (AvgIpc) is 2.91. The maximum absolute atomic E-state index is 13.3. The van der Waals surface area contributed by atoms with Gasteiger partial charge in [-0.3, -0.25) is 4.79 Å². The fourth-order valence-electron chi connectivity index (χ4n) is 1.43. The van der Waals surface area contributed by atoms with Crippen molar-refractivity contribution in [3.8, 4) is 0 Å². The third-order valence-corrected chi connectivity index (χ3v) is 2.42. The van der Waals surface area contributed by atoms with Crippen LogP contribution in [-0.2, 0) is 0 Å². The molecule has 1 aromatic carbocycles. The van der Waals surface area contributed by atoms with E-state index in [2.05, 4.69) is 4.42 Å². The van der Waals surface area contributed by atoms with Crippen molar-refractivity contribution in [1.29, 1.82) is 0 Å². The first-order valence-electron chi connectivity index (χ1n) is 5.27. The lowest BCUT2D eigenvalue weighted by atomic mass is 10.2. The van der Waals surface area contributed by atoms with Crippen molar-refractivity contribution in [3.63, 3.8) is 0 Å². The Morgan fingerprint density at radius 3 is 2.10 bits per heavy atom. The van der Waals surface area contributed by atoms with Crippen molar-refractivity contribution in [2.45, 2.75) is 0 Å². The molecule has 2 aromatic rings. The van der Waals surface area contributed by atoms with Gasteiger partial charge in [0.1, 0.15) is 12.0 Å². The van der Waals surface area contributed by atoms with Gasteiger partial charge in [-0.15, -0.1) is 0 Å². The third-order valence-electron chi connectivity index (χ3n) is 2.42. The summed E-state index contributed by atoms with van der Waals surface area (Å²) in [6, 6.07) is 0.763. The highest BCUT2D eigenvalue weighted by atomic mass is 19.2. The summed E-state index contributed by atoms with van der Waals surface area (Å²) in [5.41, 5.74) is -1.72. The van der Waals surface area contributed by atoms with Crippen LogP contribution >= 0.6 is 0 Å². The number of carboxylic acids is 1. The summed E-state index contributed by atoms with van der Waals surface area (Å²) in [5.74, 6) is -10.3. The lowest BCUT2D eigenvalue weighted by molar-refractivity contribution is 0.0696. The van der Waals surface area contributed by atoms with Crippen LogP contribution in [-0.4, -0.2) is 17.0 Å². The largest absolute Gasteiger partial charge is 0.478 e. The van der Waals surface area contributed by atoms with Crippen molar-refractivity contribution in [2.75, 3.05) is 5.32 Å². The van der Waals surface area contributed by atoms with E-state index in [4.69, 9.17) is 5.11 Å². The van der Waals surface area contributed by atoms with E-state index in [1.165, 1.54) is 0 Å². The van der Waals surface area contributed by atoms with E-state index in [1.54, 1.807) is 5.32 Å². The second-order valence-corrected chi connectivity index (χ2v) is 3.80. The molecular weight excluding hydrogens is 298 g/mol. The second-order valence-electron chi connectivity index (χ2n) is 3.80. The molecule has 2 N–H and O–H groups in total. The molecule has 1 heterocycles. The van der Waals surface area contributed by atoms with Gasteiger partial charge in [0, 0.05) is 12.1 Å². The summed E-state index contributed by atoms with van der Waals surface area (Å²) in [6.45, 7) is 0. The molecule has 0 aliphatic rings. The number of carbonyl (C=O) groups is 2. The first kappa shape index (κ1) is 14.6. The molecule has 0 fully saturated rings. The van der Waals surface area contributed by atoms with E-state index in [-0.39, 0.29) is 11.6 Å². The Balaban J connectivity index is 2.33. The van der Waals surface area contributed by atoms with Crippen LogP contribution in [0.25, 0.3) is 0 Å². The highest BCUT2D eigenvalue weighted by Gasteiger charge is 2.23. The van der Waals surface area contributed by atoms with Gasteiger partial charge in [-0.2, -0.15) is 0 Å². The molecule has 110 valence electrons. The number of aromatic carboxylic acids is 1. The number of hydrogen-bond acceptors (Lipinski definition) is 3. The van der Waals surface area contributed by atoms with Gasteiger partial charge < -0.3 is 14.8 Å². The molecule has 0 saturated heterocycles. The number of nitrogens with one attached hydrogen (secondary N) is 1. The SMILES string of the molecule is O=C(O)c1coc(C(=O)Nc2c(F)c(F)cc(F)c2F)c1. The zero-order valence-corrected chi connectivity index (χ0v) is 9.92. The van der Waals surface area contributed by atoms with Crippen molar-refractivity contribution in [3.05, 3.63) is 53.0 Å². The Hall–Kier alpha value is -2.84. The van der Waals surface area contributed by atoms with E-state index >= 15 is 0 Å². The van der Waals surface area contributed by atoms with Crippen LogP contribution in [0.3, 0.4) is 0 Å². The van der Waals surface area contributed by atoms with E-state index in [1.807, 2.05) is 0 Å². The highest BCUT2D eigenvalue weighted by Crippen LogP contribution is 2.24. The van der Waals surface area contributed by atoms with Gasteiger partial charge in [0.2, 0.25) is 0 Å². The Bertz CT molecular complexity index is 715. The van der Waals surface area contributed by atoms with Gasteiger partial charge in [0.15, 0.2) is 29.0 Å². The van der Waals surface area contributed by atoms with Crippen molar-refractivity contribution in [1.82, 2.24) is 0 Å². The van der Waals surface area contributed by atoms with E-state index in [0.717, 1.165) is 12.3 Å². The molecule has 5 nitrogen and oxygen atoms in total. The normalized spacial score (nSPS) is 10.5. The molecule has 2 rings (SSSR count). The topological polar surface area (TPSA) is 79.5 Å². The number of furan rings is 1. The van der Waals surface area contributed by atoms with Gasteiger partial charge in [-0.25, -0.2) is 22.4 Å². The molecule has 0 saturated carbocycles. The number of hydrogen-bond donors (Lipinski definition) is 2. The van der Waals surface area contributed by atoms with Gasteiger partial charge in [-0.05, 0) is 0 Å². The Kier molecular flexibility index (Phi) is 3.66. The lowest BCUT2D eigenvalue weighted by Crippen LogP contribution is -2.15. The van der Waals surface area contributed by atoms with Crippen molar-refractivity contribution < 1.29 is 36.7 Å². The monoisotopic (exact) mass is 303 g/mol. The summed E-state index contributed by atoms with van der Waals surface area (Å²) in [5, 5.41) is 10.2. The number of benzene rings is 1. The minimum absolute atomic E-state index is 0.0181. The maximum atomic E-state index is 13.3. The summed E-state index contributed by atoms with van der Waals surface area (Å²) in [4.78, 5) is 22.2. The Morgan fingerprint density at radius 2 is 1.62 bits per heavy atom. The summed E-state index contributed by atoms with van der Waals surface area (Å²) in [6.07, 6.45) is 0.718. The van der Waals surface area contributed by atoms with Gasteiger partial charge >= 0.3 is 5.97 Å². The molecule has 21 heavy (non-hydrogen) atoms. The standard InChI is InChI=1S/C12H5F4NO4/c13-5-2-6(14)9(16)10(8(5)15)17-11(18)7-1-4(3-21-7)12(19)20/h1-3H,(H,17,18)(H,19,20). The molecule has 0 atom stereocenters. The molecule has 0 aliphatic carbocycles. The van der Waals surface area contributed by atoms with Crippen molar-refractivity contribution in [2.24, 2.45) is 0 Å². The number of carboxylic acid groups (broad SMARTS) is 1. The first-order chi connectivity index (χ1) is 9.81. The maximum Gasteiger partial charge on any atom is 0.338 e. The number of amides is 1. The number of anilines is 1. The zero-order chi connectivity index (χ0) is 15.7. The van der Waals surface area contributed by atoms with Gasteiger partial charge in [-0.1, -0.05) is 0 Å². The van der Waals surface area contributed by atoms with E-state index < -0.39 is 46.6 Å². The Labute approximate surface area is 113 Å². The minimum atomic E-state index is -1.80. The van der Waals surface area contributed by atoms with E-state index in [0.29, 0.717) is 0 Å². The van der Waals surface area contributed by atoms with Crippen LogP contribution in [0.15, 0.2) is 22.8 Å². The fourth-order valence-corrected chi connectivity index (χ4v) is 1.43. The minimum Gasteiger partial charge on any atom is -0.478 e. The molecule has 1 aromatic heterocycles. The van der Waals surface area contributed by atoms with Crippen LogP contribution < -0.4 is 5.32 Å². The molecule has 0 aliphatic heterocycles. The van der Waals surface area contributed by atoms with Crippen LogP contribution in [0.1, 0.15) is 20.9 Å². The fraction of sp³-hybridized carbons (Fsp3) is 0. The predicted molar refractivity (Wildman–Crippen MR) is 59.9 cm³/mol. The summed E-state index contributed by atoms with van der Waals surface area (Å²) < 4.78 is 57.1. The molecule has 1 amide bonds. The second kappa shape index (κ2) is 5.27. The zero-order valence-electron chi connectivity index (χ0n) is 9.92. The van der Waals surface area contributed by atoms with E-state index in [9.17, 15) is 27.2 Å². The molecule has 0 bridgehead atoms. The third kappa shape index (κ3) is 2.71. The molecule has 0 unspecified atom stereocenters. The van der Waals surface area contributed by atoms with Gasteiger partial charge in [0.25, 0.3) is 5.91 Å². The Morgan fingerprint density at radius 1 is 1.05 bits per heavy atom. The predicted octanol–water partition coefficient (Wildman–Crippen LogP) is 2.79. The highest BCUT2D eigenvalue weighted by molar-refractivity contribution is 6.03. The van der Waals surface area contributed by atoms with Crippen LogP contribution in [0.4, 0.5) is 23.2 Å². The quantitative estimate of drug-likeness (QED) is 0.675.